The molecule has 198 valence electrons. The molecule has 1 N–H and O–H groups in total. The third kappa shape index (κ3) is 9.59. The van der Waals surface area contributed by atoms with Gasteiger partial charge in [0.25, 0.3) is 0 Å². The van der Waals surface area contributed by atoms with Crippen LogP contribution in [-0.4, -0.2) is 51.2 Å². The molecule has 0 aliphatic carbocycles. The third-order valence-electron chi connectivity index (χ3n) is 4.23. The molecule has 0 saturated carbocycles. The van der Waals surface area contributed by atoms with Crippen molar-refractivity contribution in [2.75, 3.05) is 6.54 Å². The summed E-state index contributed by atoms with van der Waals surface area (Å²) in [5.41, 5.74) is -0.539. The number of imidazole rings is 1. The Hall–Kier alpha value is -3.56. The molecule has 10 heteroatoms. The van der Waals surface area contributed by atoms with Crippen molar-refractivity contribution in [1.82, 2.24) is 14.9 Å². The van der Waals surface area contributed by atoms with E-state index in [-0.39, 0.29) is 6.54 Å². The summed E-state index contributed by atoms with van der Waals surface area (Å²) in [5.74, 6) is 0. The van der Waals surface area contributed by atoms with Gasteiger partial charge in [0.05, 0.1) is 12.2 Å². The number of carbonyl (C=O) groups is 3. The van der Waals surface area contributed by atoms with Gasteiger partial charge in [-0.05, 0) is 62.3 Å². The summed E-state index contributed by atoms with van der Waals surface area (Å²) in [6.07, 6.45) is -0.191. The fourth-order valence-corrected chi connectivity index (χ4v) is 2.98. The van der Waals surface area contributed by atoms with E-state index in [1.54, 1.807) is 86.6 Å². The summed E-state index contributed by atoms with van der Waals surface area (Å²) in [5, 5.41) is 2.64. The lowest BCUT2D eigenvalue weighted by Crippen LogP contribution is -2.36. The van der Waals surface area contributed by atoms with Crippen LogP contribution in [0, 0.1) is 0 Å². The molecule has 36 heavy (non-hydrogen) atoms. The van der Waals surface area contributed by atoms with Gasteiger partial charge >= 0.3 is 18.3 Å². The normalized spacial score (nSPS) is 12.9. The number of amides is 1. The molecule has 0 spiro atoms. The van der Waals surface area contributed by atoms with Crippen LogP contribution in [0.25, 0.3) is 11.3 Å². The highest BCUT2D eigenvalue weighted by molar-refractivity contribution is 5.74. The Labute approximate surface area is 212 Å². The third-order valence-corrected chi connectivity index (χ3v) is 4.23. The molecule has 0 fully saturated rings. The quantitative estimate of drug-likeness (QED) is 0.399. The van der Waals surface area contributed by atoms with Crippen LogP contribution >= 0.6 is 0 Å². The molecular formula is C26H37N3O7. The van der Waals surface area contributed by atoms with Gasteiger partial charge < -0.3 is 24.3 Å². The van der Waals surface area contributed by atoms with Gasteiger partial charge in [-0.25, -0.2) is 23.9 Å². The monoisotopic (exact) mass is 503 g/mol. The Morgan fingerprint density at radius 3 is 2.06 bits per heavy atom. The Morgan fingerprint density at radius 2 is 1.47 bits per heavy atom. The number of alkyl carbamates (subject to hydrolysis) is 1. The largest absolute Gasteiger partial charge is 0.509 e. The van der Waals surface area contributed by atoms with Crippen molar-refractivity contribution in [3.63, 3.8) is 0 Å². The average molecular weight is 504 g/mol. The van der Waals surface area contributed by atoms with Crippen molar-refractivity contribution < 1.29 is 33.3 Å². The van der Waals surface area contributed by atoms with Crippen molar-refractivity contribution in [2.45, 2.75) is 85.2 Å². The molecule has 0 saturated heterocycles. The second-order valence-electron chi connectivity index (χ2n) is 11.2. The number of carbonyl (C=O) groups excluding carboxylic acids is 3. The van der Waals surface area contributed by atoms with Crippen molar-refractivity contribution >= 4 is 18.3 Å². The van der Waals surface area contributed by atoms with Crippen molar-refractivity contribution in [1.29, 1.82) is 0 Å². The topological polar surface area (TPSA) is 118 Å². The maximum Gasteiger partial charge on any atom is 0.509 e. The van der Waals surface area contributed by atoms with Crippen LogP contribution in [0.15, 0.2) is 36.8 Å². The molecule has 0 aliphatic rings. The Morgan fingerprint density at radius 1 is 0.889 bits per heavy atom. The Balaban J connectivity index is 2.36. The van der Waals surface area contributed by atoms with E-state index in [4.69, 9.17) is 18.9 Å². The maximum atomic E-state index is 12.5. The zero-order valence-electron chi connectivity index (χ0n) is 22.5. The molecule has 1 atom stereocenters. The van der Waals surface area contributed by atoms with E-state index in [0.29, 0.717) is 16.8 Å². The Kier molecular flexibility index (Phi) is 8.77. The highest BCUT2D eigenvalue weighted by atomic mass is 16.7. The second kappa shape index (κ2) is 11.0. The number of ether oxygens (including phenoxy) is 4. The van der Waals surface area contributed by atoms with E-state index in [9.17, 15) is 14.4 Å². The fourth-order valence-electron chi connectivity index (χ4n) is 2.98. The lowest BCUT2D eigenvalue weighted by atomic mass is 10.00. The number of benzene rings is 1. The lowest BCUT2D eigenvalue weighted by Gasteiger charge is -2.25. The fraction of sp³-hybridized carbons (Fsp3) is 0.538. The second-order valence-corrected chi connectivity index (χ2v) is 11.2. The van der Waals surface area contributed by atoms with Crippen molar-refractivity contribution in [3.8, 4) is 11.3 Å². The molecule has 0 aliphatic heterocycles. The molecular weight excluding hydrogens is 466 g/mol. The van der Waals surface area contributed by atoms with Gasteiger partial charge in [0.1, 0.15) is 29.2 Å². The van der Waals surface area contributed by atoms with E-state index in [1.165, 1.54) is 17.1 Å². The van der Waals surface area contributed by atoms with E-state index in [1.807, 2.05) is 0 Å². The smallest absolute Gasteiger partial charge is 0.444 e. The molecule has 1 heterocycles. The summed E-state index contributed by atoms with van der Waals surface area (Å²) >= 11 is 0. The molecule has 1 unspecified atom stereocenters. The SMILES string of the molecule is CC(C)(C)OC(=O)NCC(OC(=O)OC(C)(C)C)c1ccccc1-c1cn(C(=O)OC(C)(C)C)cn1. The molecule has 1 aromatic heterocycles. The average Bonchev–Trinajstić information content (AvgIpc) is 3.17. The number of aromatic nitrogens is 2. The zero-order valence-corrected chi connectivity index (χ0v) is 22.5. The predicted octanol–water partition coefficient (Wildman–Crippen LogP) is 5.85. The van der Waals surface area contributed by atoms with Crippen LogP contribution in [0.1, 0.15) is 74.0 Å². The van der Waals surface area contributed by atoms with Gasteiger partial charge in [0, 0.05) is 17.3 Å². The molecule has 2 aromatic rings. The van der Waals surface area contributed by atoms with Gasteiger partial charge in [-0.15, -0.1) is 0 Å². The van der Waals surface area contributed by atoms with Gasteiger partial charge in [0.15, 0.2) is 0 Å². The standard InChI is InChI=1S/C26H37N3O7/c1-24(2,3)34-21(30)27-14-20(33-23(32)36-26(7,8)9)18-13-11-10-12-17(18)19-15-29(16-28-19)22(31)35-25(4,5)6/h10-13,15-16,20H,14H2,1-9H3,(H,27,30). The summed E-state index contributed by atoms with van der Waals surface area (Å²) < 4.78 is 22.9. The van der Waals surface area contributed by atoms with Gasteiger partial charge in [0.2, 0.25) is 0 Å². The molecule has 1 amide bonds. The van der Waals surface area contributed by atoms with E-state index < -0.39 is 41.2 Å². The minimum atomic E-state index is -0.935. The first kappa shape index (κ1) is 28.7. The highest BCUT2D eigenvalue weighted by Gasteiger charge is 2.27. The zero-order chi connectivity index (χ0) is 27.3. The van der Waals surface area contributed by atoms with E-state index in [2.05, 4.69) is 10.3 Å². The van der Waals surface area contributed by atoms with Crippen LogP contribution in [0.5, 0.6) is 0 Å². The molecule has 10 nitrogen and oxygen atoms in total. The van der Waals surface area contributed by atoms with Crippen LogP contribution < -0.4 is 5.32 Å². The van der Waals surface area contributed by atoms with Gasteiger partial charge in [-0.3, -0.25) is 0 Å². The molecule has 0 radical (unpaired) electrons. The first-order valence-electron chi connectivity index (χ1n) is 11.7. The summed E-state index contributed by atoms with van der Waals surface area (Å²) in [6.45, 7) is 15.6. The Bertz CT molecular complexity index is 1070. The minimum absolute atomic E-state index is 0.0854. The number of hydrogen-bond donors (Lipinski definition) is 1. The predicted molar refractivity (Wildman–Crippen MR) is 134 cm³/mol. The minimum Gasteiger partial charge on any atom is -0.444 e. The number of nitrogens with one attached hydrogen (secondary N) is 1. The number of nitrogens with zero attached hydrogens (tertiary/aromatic N) is 2. The van der Waals surface area contributed by atoms with Crippen LogP contribution in [0.2, 0.25) is 0 Å². The molecule has 0 bridgehead atoms. The van der Waals surface area contributed by atoms with E-state index >= 15 is 0 Å². The summed E-state index contributed by atoms with van der Waals surface area (Å²) in [4.78, 5) is 41.6. The number of hydrogen-bond acceptors (Lipinski definition) is 8. The summed E-state index contributed by atoms with van der Waals surface area (Å²) in [6, 6.07) is 7.07. The van der Waals surface area contributed by atoms with Crippen molar-refractivity contribution in [2.24, 2.45) is 0 Å². The highest BCUT2D eigenvalue weighted by Crippen LogP contribution is 2.30. The van der Waals surface area contributed by atoms with Gasteiger partial charge in [-0.1, -0.05) is 24.3 Å². The van der Waals surface area contributed by atoms with Crippen LogP contribution in [-0.2, 0) is 18.9 Å². The summed E-state index contributed by atoms with van der Waals surface area (Å²) in [7, 11) is 0. The maximum absolute atomic E-state index is 12.5. The van der Waals surface area contributed by atoms with Crippen LogP contribution in [0.3, 0.4) is 0 Å². The first-order chi connectivity index (χ1) is 16.4. The van der Waals surface area contributed by atoms with Crippen molar-refractivity contribution in [3.05, 3.63) is 42.4 Å². The first-order valence-corrected chi connectivity index (χ1v) is 11.7. The molecule has 2 rings (SSSR count). The van der Waals surface area contributed by atoms with Crippen LogP contribution in [0.4, 0.5) is 14.4 Å². The van der Waals surface area contributed by atoms with E-state index in [0.717, 1.165) is 0 Å². The molecule has 1 aromatic carbocycles. The number of rotatable bonds is 5. The lowest BCUT2D eigenvalue weighted by molar-refractivity contribution is -0.0280. The van der Waals surface area contributed by atoms with Gasteiger partial charge in [-0.2, -0.15) is 0 Å².